The van der Waals surface area contributed by atoms with E-state index in [0.717, 1.165) is 23.4 Å². The van der Waals surface area contributed by atoms with Gasteiger partial charge >= 0.3 is 0 Å². The summed E-state index contributed by atoms with van der Waals surface area (Å²) in [6.07, 6.45) is 3.88. The maximum absolute atomic E-state index is 13.8. The van der Waals surface area contributed by atoms with Gasteiger partial charge in [-0.25, -0.2) is 8.78 Å². The maximum Gasteiger partial charge on any atom is 0.274 e. The van der Waals surface area contributed by atoms with Crippen molar-refractivity contribution in [2.24, 2.45) is 0 Å². The number of aromatic nitrogens is 2. The van der Waals surface area contributed by atoms with Crippen LogP contribution in [0, 0.1) is 18.6 Å². The molecule has 1 N–H and O–H groups in total. The standard InChI is InChI=1S/C24H21F2N3O3/c1-15(17-6-5-7-19(12-17)29-10-3-4-11-29)27-24(30)23-20(16(2)32-28-23)14-31-22-9-8-18(25)13-21(22)26/h3-13,15H,14H2,1-2H3,(H,27,30). The Labute approximate surface area is 183 Å². The number of carbonyl (C=O) groups is 1. The van der Waals surface area contributed by atoms with Crippen molar-refractivity contribution in [2.75, 3.05) is 0 Å². The van der Waals surface area contributed by atoms with E-state index in [2.05, 4.69) is 10.5 Å². The van der Waals surface area contributed by atoms with Crippen LogP contribution in [0.1, 0.15) is 40.3 Å². The number of ether oxygens (including phenoxy) is 1. The third-order valence-electron chi connectivity index (χ3n) is 5.09. The molecule has 0 spiro atoms. The molecule has 0 bridgehead atoms. The highest BCUT2D eigenvalue weighted by Crippen LogP contribution is 2.23. The fourth-order valence-corrected chi connectivity index (χ4v) is 3.29. The van der Waals surface area contributed by atoms with Crippen LogP contribution in [0.15, 0.2) is 71.5 Å². The molecule has 2 aromatic carbocycles. The molecule has 0 radical (unpaired) electrons. The first-order valence-corrected chi connectivity index (χ1v) is 9.99. The van der Waals surface area contributed by atoms with Gasteiger partial charge in [0.25, 0.3) is 5.91 Å². The van der Waals surface area contributed by atoms with E-state index in [9.17, 15) is 13.6 Å². The van der Waals surface area contributed by atoms with E-state index in [4.69, 9.17) is 9.26 Å². The zero-order valence-corrected chi connectivity index (χ0v) is 17.5. The lowest BCUT2D eigenvalue weighted by Gasteiger charge is -2.15. The van der Waals surface area contributed by atoms with E-state index >= 15 is 0 Å². The number of hydrogen-bond acceptors (Lipinski definition) is 4. The first kappa shape index (κ1) is 21.3. The molecule has 6 nitrogen and oxygen atoms in total. The molecule has 164 valence electrons. The smallest absolute Gasteiger partial charge is 0.274 e. The Hall–Kier alpha value is -3.94. The Morgan fingerprint density at radius 3 is 2.69 bits per heavy atom. The van der Waals surface area contributed by atoms with Crippen LogP contribution in [0.3, 0.4) is 0 Å². The molecular weight excluding hydrogens is 416 g/mol. The SMILES string of the molecule is Cc1onc(C(=O)NC(C)c2cccc(-n3cccc3)c2)c1COc1ccc(F)cc1F. The topological polar surface area (TPSA) is 69.3 Å². The lowest BCUT2D eigenvalue weighted by Crippen LogP contribution is -2.28. The van der Waals surface area contributed by atoms with Gasteiger partial charge in [0.1, 0.15) is 18.2 Å². The molecule has 1 unspecified atom stereocenters. The molecular formula is C24H21F2N3O3. The Balaban J connectivity index is 1.48. The van der Waals surface area contributed by atoms with E-state index in [0.29, 0.717) is 11.3 Å². The highest BCUT2D eigenvalue weighted by atomic mass is 19.1. The summed E-state index contributed by atoms with van der Waals surface area (Å²) in [5.74, 6) is -1.74. The van der Waals surface area contributed by atoms with Gasteiger partial charge in [-0.05, 0) is 55.8 Å². The lowest BCUT2D eigenvalue weighted by atomic mass is 10.1. The van der Waals surface area contributed by atoms with Crippen molar-refractivity contribution in [1.82, 2.24) is 15.0 Å². The molecule has 0 aliphatic rings. The van der Waals surface area contributed by atoms with E-state index in [1.54, 1.807) is 6.92 Å². The predicted octanol–water partition coefficient (Wildman–Crippen LogP) is 5.12. The monoisotopic (exact) mass is 437 g/mol. The molecule has 4 rings (SSSR count). The molecule has 0 aliphatic heterocycles. The van der Waals surface area contributed by atoms with Gasteiger partial charge < -0.3 is 19.1 Å². The summed E-state index contributed by atoms with van der Waals surface area (Å²) in [6, 6.07) is 14.4. The minimum atomic E-state index is -0.832. The molecule has 2 heterocycles. The zero-order chi connectivity index (χ0) is 22.7. The van der Waals surface area contributed by atoms with Gasteiger partial charge in [0.05, 0.1) is 11.6 Å². The fourth-order valence-electron chi connectivity index (χ4n) is 3.29. The van der Waals surface area contributed by atoms with Crippen LogP contribution >= 0.6 is 0 Å². The van der Waals surface area contributed by atoms with Crippen molar-refractivity contribution in [1.29, 1.82) is 0 Å². The Morgan fingerprint density at radius 1 is 1.16 bits per heavy atom. The van der Waals surface area contributed by atoms with Crippen LogP contribution in [0.4, 0.5) is 8.78 Å². The van der Waals surface area contributed by atoms with Gasteiger partial charge in [-0.1, -0.05) is 17.3 Å². The van der Waals surface area contributed by atoms with Crippen molar-refractivity contribution in [3.05, 3.63) is 101 Å². The average Bonchev–Trinajstić information content (AvgIpc) is 3.43. The minimum absolute atomic E-state index is 0.0541. The van der Waals surface area contributed by atoms with Gasteiger partial charge in [-0.2, -0.15) is 0 Å². The molecule has 0 saturated heterocycles. The van der Waals surface area contributed by atoms with E-state index in [1.165, 1.54) is 6.07 Å². The van der Waals surface area contributed by atoms with E-state index in [-0.39, 0.29) is 24.1 Å². The largest absolute Gasteiger partial charge is 0.486 e. The van der Waals surface area contributed by atoms with Crippen molar-refractivity contribution in [3.63, 3.8) is 0 Å². The van der Waals surface area contributed by atoms with Crippen LogP contribution in [0.25, 0.3) is 5.69 Å². The molecule has 4 aromatic rings. The van der Waals surface area contributed by atoms with E-state index < -0.39 is 17.5 Å². The summed E-state index contributed by atoms with van der Waals surface area (Å²) in [7, 11) is 0. The molecule has 1 amide bonds. The molecule has 0 saturated carbocycles. The predicted molar refractivity (Wildman–Crippen MR) is 114 cm³/mol. The second kappa shape index (κ2) is 9.05. The molecule has 0 aliphatic carbocycles. The van der Waals surface area contributed by atoms with Crippen molar-refractivity contribution in [2.45, 2.75) is 26.5 Å². The highest BCUT2D eigenvalue weighted by molar-refractivity contribution is 5.94. The quantitative estimate of drug-likeness (QED) is 0.436. The second-order valence-corrected chi connectivity index (χ2v) is 7.31. The summed E-state index contributed by atoms with van der Waals surface area (Å²) < 4.78 is 39.5. The van der Waals surface area contributed by atoms with Crippen LogP contribution in [-0.2, 0) is 6.61 Å². The fraction of sp³-hybridized carbons (Fsp3) is 0.167. The number of hydrogen-bond donors (Lipinski definition) is 1. The zero-order valence-electron chi connectivity index (χ0n) is 17.5. The molecule has 2 aromatic heterocycles. The molecule has 8 heteroatoms. The minimum Gasteiger partial charge on any atom is -0.486 e. The number of carbonyl (C=O) groups excluding carboxylic acids is 1. The Morgan fingerprint density at radius 2 is 1.94 bits per heavy atom. The van der Waals surface area contributed by atoms with Gasteiger partial charge in [-0.15, -0.1) is 0 Å². The lowest BCUT2D eigenvalue weighted by molar-refractivity contribution is 0.0928. The summed E-state index contributed by atoms with van der Waals surface area (Å²) in [4.78, 5) is 12.9. The van der Waals surface area contributed by atoms with Crippen LogP contribution in [0.2, 0.25) is 0 Å². The Bertz CT molecular complexity index is 1240. The van der Waals surface area contributed by atoms with Gasteiger partial charge in [0.2, 0.25) is 0 Å². The highest BCUT2D eigenvalue weighted by Gasteiger charge is 2.22. The number of nitrogens with one attached hydrogen (secondary N) is 1. The summed E-state index contributed by atoms with van der Waals surface area (Å²) in [5, 5.41) is 6.75. The van der Waals surface area contributed by atoms with Gasteiger partial charge in [0, 0.05) is 24.1 Å². The van der Waals surface area contributed by atoms with Crippen LogP contribution < -0.4 is 10.1 Å². The van der Waals surface area contributed by atoms with Gasteiger partial charge in [0.15, 0.2) is 17.3 Å². The summed E-state index contributed by atoms with van der Waals surface area (Å²) >= 11 is 0. The number of rotatable bonds is 7. The normalized spacial score (nSPS) is 11.9. The van der Waals surface area contributed by atoms with Crippen molar-refractivity contribution < 1.29 is 22.8 Å². The summed E-state index contributed by atoms with van der Waals surface area (Å²) in [5.41, 5.74) is 2.33. The number of aryl methyl sites for hydroxylation is 1. The third-order valence-corrected chi connectivity index (χ3v) is 5.09. The average molecular weight is 437 g/mol. The summed E-state index contributed by atoms with van der Waals surface area (Å²) in [6.45, 7) is 3.34. The van der Waals surface area contributed by atoms with Gasteiger partial charge in [-0.3, -0.25) is 4.79 Å². The number of amides is 1. The van der Waals surface area contributed by atoms with Crippen molar-refractivity contribution >= 4 is 5.91 Å². The van der Waals surface area contributed by atoms with Crippen molar-refractivity contribution in [3.8, 4) is 11.4 Å². The Kier molecular flexibility index (Phi) is 6.02. The number of nitrogens with zero attached hydrogens (tertiary/aromatic N) is 2. The molecule has 1 atom stereocenters. The van der Waals surface area contributed by atoms with Crippen LogP contribution in [-0.4, -0.2) is 15.6 Å². The first-order valence-electron chi connectivity index (χ1n) is 9.99. The maximum atomic E-state index is 13.8. The first-order chi connectivity index (χ1) is 15.4. The molecule has 0 fully saturated rings. The van der Waals surface area contributed by atoms with E-state index in [1.807, 2.05) is 60.3 Å². The number of halogens is 2. The second-order valence-electron chi connectivity index (χ2n) is 7.31. The van der Waals surface area contributed by atoms with Crippen LogP contribution in [0.5, 0.6) is 5.75 Å². The molecule has 32 heavy (non-hydrogen) atoms. The third kappa shape index (κ3) is 4.54. The number of benzene rings is 2.